The number of hydrogen-bond donors (Lipinski definition) is 1. The van der Waals surface area contributed by atoms with Crippen molar-refractivity contribution in [2.75, 3.05) is 20.1 Å². The molecule has 0 aliphatic rings. The van der Waals surface area contributed by atoms with Crippen LogP contribution < -0.4 is 5.73 Å². The van der Waals surface area contributed by atoms with Gasteiger partial charge in [0.1, 0.15) is 11.4 Å². The molecule has 1 heterocycles. The van der Waals surface area contributed by atoms with Crippen molar-refractivity contribution in [3.05, 3.63) is 52.9 Å². The minimum Gasteiger partial charge on any atom is -0.454 e. The summed E-state index contributed by atoms with van der Waals surface area (Å²) in [5.41, 5.74) is 11.0. The highest BCUT2D eigenvalue weighted by molar-refractivity contribution is 7.46. The van der Waals surface area contributed by atoms with Gasteiger partial charge in [-0.25, -0.2) is 4.39 Å². The summed E-state index contributed by atoms with van der Waals surface area (Å²) in [5, 5.41) is 1.34. The topological polar surface area (TPSA) is 42.4 Å². The monoisotopic (exact) mass is 516 g/mol. The number of nitrogens with two attached hydrogens (primary N) is 1. The highest BCUT2D eigenvalue weighted by atomic mass is 31.1. The van der Waals surface area contributed by atoms with E-state index in [4.69, 9.17) is 9.93 Å². The standard InChI is InChI=1S/C31H50FN2OP/c1-10-12-13-14-29(33)28(21-34(8)18-17-31(32,20-22(3)4)24(6)11-2)27-16-15-26(19-23(27)5)30-25(7)35-36(30)9/h13-16,19,22,24H,10-12,17-18,20-21,33H2,1-9H3/b14-13+,29-28+. The summed E-state index contributed by atoms with van der Waals surface area (Å²) < 4.78 is 21.8. The second kappa shape index (κ2) is 13.7. The third-order valence-electron chi connectivity index (χ3n) is 7.43. The number of likely N-dealkylation sites (N-methyl/N-ethyl adjacent to an activating group) is 1. The summed E-state index contributed by atoms with van der Waals surface area (Å²) in [6.07, 6.45) is 8.31. The normalized spacial score (nSPS) is 16.2. The van der Waals surface area contributed by atoms with Crippen molar-refractivity contribution >= 4 is 13.3 Å². The number of halogens is 1. The molecule has 3 unspecified atom stereocenters. The first-order valence-electron chi connectivity index (χ1n) is 13.7. The minimum absolute atomic E-state index is 0.0532. The Morgan fingerprint density at radius 3 is 2.44 bits per heavy atom. The molecule has 3 nitrogen and oxygen atoms in total. The lowest BCUT2D eigenvalue weighted by Crippen LogP contribution is -2.37. The van der Waals surface area contributed by atoms with Crippen LogP contribution in [0.25, 0.3) is 16.4 Å². The Labute approximate surface area is 221 Å². The predicted molar refractivity (Wildman–Crippen MR) is 157 cm³/mol. The van der Waals surface area contributed by atoms with Crippen molar-refractivity contribution < 1.29 is 8.59 Å². The molecule has 202 valence electrons. The molecule has 0 spiro atoms. The number of hydrogen-bond acceptors (Lipinski definition) is 3. The summed E-state index contributed by atoms with van der Waals surface area (Å²) in [4.78, 5) is 2.23. The van der Waals surface area contributed by atoms with Gasteiger partial charge in [-0.2, -0.15) is 0 Å². The third kappa shape index (κ3) is 7.86. The minimum atomic E-state index is -1.14. The van der Waals surface area contributed by atoms with Gasteiger partial charge in [-0.05, 0) is 80.3 Å². The quantitative estimate of drug-likeness (QED) is 0.254. The molecule has 2 aromatic rings. The fourth-order valence-electron chi connectivity index (χ4n) is 5.14. The van der Waals surface area contributed by atoms with Crippen molar-refractivity contribution in [3.63, 3.8) is 0 Å². The molecule has 0 amide bonds. The van der Waals surface area contributed by atoms with Crippen molar-refractivity contribution in [2.24, 2.45) is 24.2 Å². The second-order valence-electron chi connectivity index (χ2n) is 11.1. The number of nitrogens with zero attached hydrogens (tertiary/aromatic N) is 1. The van der Waals surface area contributed by atoms with Crippen LogP contribution in [0.3, 0.4) is 0 Å². The lowest BCUT2D eigenvalue weighted by Gasteiger charge is -2.34. The number of unbranched alkanes of at least 4 members (excludes halogenated alkanes) is 1. The first-order chi connectivity index (χ1) is 16.9. The molecule has 1 aromatic carbocycles. The highest BCUT2D eigenvalue weighted by Crippen LogP contribution is 2.46. The van der Waals surface area contributed by atoms with Gasteiger partial charge in [0.25, 0.3) is 0 Å². The fraction of sp³-hybridized carbons (Fsp3) is 0.613. The van der Waals surface area contributed by atoms with Crippen LogP contribution in [0.15, 0.2) is 40.2 Å². The Balaban J connectivity index is 2.32. The first-order valence-corrected chi connectivity index (χ1v) is 15.4. The number of benzene rings is 1. The lowest BCUT2D eigenvalue weighted by molar-refractivity contribution is 0.0448. The summed E-state index contributed by atoms with van der Waals surface area (Å²) in [7, 11) is 1.57. The van der Waals surface area contributed by atoms with Crippen molar-refractivity contribution in [1.29, 1.82) is 0 Å². The zero-order valence-electron chi connectivity index (χ0n) is 24.2. The van der Waals surface area contributed by atoms with Crippen LogP contribution in [-0.4, -0.2) is 30.7 Å². The molecule has 0 saturated heterocycles. The van der Waals surface area contributed by atoms with Gasteiger partial charge in [0.15, 0.2) is 0 Å². The first kappa shape index (κ1) is 30.5. The highest BCUT2D eigenvalue weighted by Gasteiger charge is 2.35. The van der Waals surface area contributed by atoms with E-state index in [-0.39, 0.29) is 5.92 Å². The number of alkyl halides is 1. The zero-order chi connectivity index (χ0) is 27.0. The smallest absolute Gasteiger partial charge is 0.119 e. The summed E-state index contributed by atoms with van der Waals surface area (Å²) in [6, 6.07) is 6.66. The average molecular weight is 517 g/mol. The van der Waals surface area contributed by atoms with Gasteiger partial charge in [-0.1, -0.05) is 71.7 Å². The molecule has 0 aliphatic heterocycles. The molecule has 36 heavy (non-hydrogen) atoms. The van der Waals surface area contributed by atoms with Gasteiger partial charge >= 0.3 is 0 Å². The van der Waals surface area contributed by atoms with E-state index in [1.165, 1.54) is 22.0 Å². The molecular formula is C31H50FN2OP. The van der Waals surface area contributed by atoms with Gasteiger partial charge in [-0.15, -0.1) is 0 Å². The number of rotatable bonds is 14. The van der Waals surface area contributed by atoms with Crippen LogP contribution >= 0.6 is 7.77 Å². The van der Waals surface area contributed by atoms with Crippen LogP contribution in [0.1, 0.15) is 83.6 Å². The van der Waals surface area contributed by atoms with E-state index in [2.05, 4.69) is 90.5 Å². The summed E-state index contributed by atoms with van der Waals surface area (Å²) in [6.45, 7) is 18.3. The molecular weight excluding hydrogens is 466 g/mol. The van der Waals surface area contributed by atoms with E-state index in [1.54, 1.807) is 0 Å². The Bertz CT molecular complexity index is 1020. The summed E-state index contributed by atoms with van der Waals surface area (Å²) >= 11 is 0. The van der Waals surface area contributed by atoms with E-state index in [0.29, 0.717) is 31.8 Å². The van der Waals surface area contributed by atoms with E-state index in [9.17, 15) is 0 Å². The van der Waals surface area contributed by atoms with Crippen molar-refractivity contribution in [3.8, 4) is 10.9 Å². The average Bonchev–Trinajstić information content (AvgIpc) is 2.80. The third-order valence-corrected chi connectivity index (χ3v) is 9.18. The van der Waals surface area contributed by atoms with E-state index in [0.717, 1.165) is 36.3 Å². The van der Waals surface area contributed by atoms with Gasteiger partial charge in [0.05, 0.1) is 5.30 Å². The van der Waals surface area contributed by atoms with Gasteiger partial charge in [0, 0.05) is 33.2 Å². The molecule has 1 aromatic heterocycles. The van der Waals surface area contributed by atoms with Crippen molar-refractivity contribution in [1.82, 2.24) is 4.90 Å². The Kier molecular flexibility index (Phi) is 11.6. The van der Waals surface area contributed by atoms with Crippen LogP contribution in [0, 0.1) is 25.7 Å². The molecule has 5 heteroatoms. The van der Waals surface area contributed by atoms with Crippen molar-refractivity contribution in [2.45, 2.75) is 86.2 Å². The van der Waals surface area contributed by atoms with Crippen LogP contribution in [-0.2, 0) is 6.66 Å². The largest absolute Gasteiger partial charge is 0.454 e. The second-order valence-corrected chi connectivity index (χ2v) is 12.7. The maximum atomic E-state index is 16.0. The molecule has 3 atom stereocenters. The molecule has 0 radical (unpaired) electrons. The number of aryl methyl sites for hydroxylation is 3. The Morgan fingerprint density at radius 2 is 1.92 bits per heavy atom. The van der Waals surface area contributed by atoms with Gasteiger partial charge in [0.2, 0.25) is 0 Å². The molecule has 0 fully saturated rings. The van der Waals surface area contributed by atoms with E-state index >= 15 is 4.39 Å². The maximum Gasteiger partial charge on any atom is 0.119 e. The number of allylic oxidation sites excluding steroid dienone is 2. The molecule has 0 bridgehead atoms. The van der Waals surface area contributed by atoms with Crippen LogP contribution in [0.5, 0.6) is 0 Å². The van der Waals surface area contributed by atoms with Crippen LogP contribution in [0.4, 0.5) is 4.39 Å². The van der Waals surface area contributed by atoms with E-state index < -0.39 is 13.4 Å². The Morgan fingerprint density at radius 1 is 1.22 bits per heavy atom. The fourth-order valence-corrected chi connectivity index (χ4v) is 6.60. The molecule has 0 saturated carbocycles. The van der Waals surface area contributed by atoms with Crippen LogP contribution in [0.2, 0.25) is 0 Å². The molecule has 0 aliphatic carbocycles. The zero-order valence-corrected chi connectivity index (χ0v) is 25.1. The molecule has 2 N–H and O–H groups in total. The summed E-state index contributed by atoms with van der Waals surface area (Å²) in [5.74, 6) is 1.43. The van der Waals surface area contributed by atoms with Gasteiger partial charge in [-0.3, -0.25) is 0 Å². The maximum absolute atomic E-state index is 16.0. The SMILES string of the molecule is CCC/C=C/C(N)=C(/CN(C)CCC(F)(CC(C)C)C(C)CC)c1ccc(-c2c(C)op2C)cc1C. The van der Waals surface area contributed by atoms with E-state index in [1.807, 2.05) is 6.92 Å². The van der Waals surface area contributed by atoms with Gasteiger partial charge < -0.3 is 14.8 Å². The predicted octanol–water partition coefficient (Wildman–Crippen LogP) is 9.24. The lowest BCUT2D eigenvalue weighted by atomic mass is 9.79. The molecule has 2 rings (SSSR count). The Hall–Kier alpha value is -1.77.